The molecule has 0 spiro atoms. The van der Waals surface area contributed by atoms with Crippen LogP contribution < -0.4 is 10.6 Å². The summed E-state index contributed by atoms with van der Waals surface area (Å²) in [5, 5.41) is 3.99. The van der Waals surface area contributed by atoms with Crippen molar-refractivity contribution in [3.05, 3.63) is 5.89 Å². The van der Waals surface area contributed by atoms with Gasteiger partial charge in [0.25, 0.3) is 5.95 Å². The van der Waals surface area contributed by atoms with Crippen molar-refractivity contribution < 1.29 is 4.52 Å². The summed E-state index contributed by atoms with van der Waals surface area (Å²) in [6, 6.07) is -0.212. The van der Waals surface area contributed by atoms with Gasteiger partial charge in [-0.25, -0.2) is 0 Å². The van der Waals surface area contributed by atoms with E-state index in [1.165, 1.54) is 12.8 Å². The van der Waals surface area contributed by atoms with Crippen molar-refractivity contribution in [3.8, 4) is 0 Å². The third-order valence-corrected chi connectivity index (χ3v) is 3.02. The molecule has 0 unspecified atom stereocenters. The molecule has 16 heavy (non-hydrogen) atoms. The summed E-state index contributed by atoms with van der Waals surface area (Å²) in [6.07, 6.45) is 2.41. The van der Waals surface area contributed by atoms with Gasteiger partial charge in [-0.2, -0.15) is 4.98 Å². The average Bonchev–Trinajstić information content (AvgIpc) is 2.85. The monoisotopic (exact) mass is 224 g/mol. The molecule has 1 saturated heterocycles. The summed E-state index contributed by atoms with van der Waals surface area (Å²) in [4.78, 5) is 6.52. The van der Waals surface area contributed by atoms with Gasteiger partial charge in [0.2, 0.25) is 5.89 Å². The molecule has 90 valence electrons. The summed E-state index contributed by atoms with van der Waals surface area (Å²) < 4.78 is 5.24. The number of aromatic nitrogens is 2. The highest BCUT2D eigenvalue weighted by Crippen LogP contribution is 2.30. The standard InChI is InChI=1S/C11H20N4O/c1-11(2,3)8(12)9-13-10(14-16-9)15-6-4-5-7-15/h8H,4-7,12H2,1-3H3/t8-/m1/s1. The zero-order valence-corrected chi connectivity index (χ0v) is 10.2. The molecule has 0 amide bonds. The predicted molar refractivity (Wildman–Crippen MR) is 62.1 cm³/mol. The Bertz CT molecular complexity index is 349. The minimum atomic E-state index is -0.212. The smallest absolute Gasteiger partial charge is 0.266 e. The molecule has 5 heteroatoms. The zero-order chi connectivity index (χ0) is 11.8. The molecule has 0 aromatic carbocycles. The minimum Gasteiger partial charge on any atom is -0.338 e. The fourth-order valence-electron chi connectivity index (χ4n) is 1.77. The fraction of sp³-hybridized carbons (Fsp3) is 0.818. The highest BCUT2D eigenvalue weighted by molar-refractivity contribution is 5.29. The quantitative estimate of drug-likeness (QED) is 0.828. The largest absolute Gasteiger partial charge is 0.338 e. The van der Waals surface area contributed by atoms with Crippen molar-refractivity contribution in [1.82, 2.24) is 10.1 Å². The van der Waals surface area contributed by atoms with Crippen LogP contribution in [0.2, 0.25) is 0 Å². The first-order chi connectivity index (χ1) is 7.48. The number of nitrogens with two attached hydrogens (primary N) is 1. The molecule has 0 aliphatic carbocycles. The number of rotatable bonds is 2. The van der Waals surface area contributed by atoms with Crippen LogP contribution in [0.15, 0.2) is 4.52 Å². The lowest BCUT2D eigenvalue weighted by molar-refractivity contribution is 0.253. The molecule has 2 N–H and O–H groups in total. The topological polar surface area (TPSA) is 68.2 Å². The summed E-state index contributed by atoms with van der Waals surface area (Å²) in [5.41, 5.74) is 6.01. The summed E-state index contributed by atoms with van der Waals surface area (Å²) in [7, 11) is 0. The van der Waals surface area contributed by atoms with Gasteiger partial charge in [-0.05, 0) is 23.4 Å². The van der Waals surface area contributed by atoms with E-state index >= 15 is 0 Å². The molecular formula is C11H20N4O. The third kappa shape index (κ3) is 2.19. The Labute approximate surface area is 96.0 Å². The molecule has 2 rings (SSSR count). The van der Waals surface area contributed by atoms with Crippen molar-refractivity contribution in [2.75, 3.05) is 18.0 Å². The number of hydrogen-bond donors (Lipinski definition) is 1. The lowest BCUT2D eigenvalue weighted by Crippen LogP contribution is -2.26. The Kier molecular flexibility index (Phi) is 2.88. The Morgan fingerprint density at radius 2 is 1.94 bits per heavy atom. The SMILES string of the molecule is CC(C)(C)[C@H](N)c1nc(N2CCCC2)no1. The lowest BCUT2D eigenvalue weighted by atomic mass is 9.87. The van der Waals surface area contributed by atoms with Crippen LogP contribution in [0.3, 0.4) is 0 Å². The first-order valence-electron chi connectivity index (χ1n) is 5.82. The van der Waals surface area contributed by atoms with Crippen LogP contribution in [-0.4, -0.2) is 23.2 Å². The maximum Gasteiger partial charge on any atom is 0.266 e. The second kappa shape index (κ2) is 4.05. The molecule has 1 fully saturated rings. The molecular weight excluding hydrogens is 204 g/mol. The van der Waals surface area contributed by atoms with E-state index in [4.69, 9.17) is 10.3 Å². The van der Waals surface area contributed by atoms with Crippen molar-refractivity contribution in [3.63, 3.8) is 0 Å². The Morgan fingerprint density at radius 3 is 2.50 bits per heavy atom. The Morgan fingerprint density at radius 1 is 1.31 bits per heavy atom. The summed E-state index contributed by atoms with van der Waals surface area (Å²) in [6.45, 7) is 8.24. The Hall–Kier alpha value is -1.10. The first kappa shape index (κ1) is 11.4. The summed E-state index contributed by atoms with van der Waals surface area (Å²) >= 11 is 0. The molecule has 5 nitrogen and oxygen atoms in total. The average molecular weight is 224 g/mol. The predicted octanol–water partition coefficient (Wildman–Crippen LogP) is 1.72. The minimum absolute atomic E-state index is 0.0607. The van der Waals surface area contributed by atoms with E-state index in [0.29, 0.717) is 11.8 Å². The maximum absolute atomic E-state index is 6.07. The van der Waals surface area contributed by atoms with E-state index in [2.05, 4.69) is 35.8 Å². The number of nitrogens with zero attached hydrogens (tertiary/aromatic N) is 3. The molecule has 1 aromatic rings. The first-order valence-corrected chi connectivity index (χ1v) is 5.82. The second-order valence-electron chi connectivity index (χ2n) is 5.47. The van der Waals surface area contributed by atoms with Gasteiger partial charge in [0.05, 0.1) is 6.04 Å². The fourth-order valence-corrected chi connectivity index (χ4v) is 1.77. The van der Waals surface area contributed by atoms with Crippen molar-refractivity contribution >= 4 is 5.95 Å². The van der Waals surface area contributed by atoms with E-state index in [-0.39, 0.29) is 11.5 Å². The van der Waals surface area contributed by atoms with Crippen molar-refractivity contribution in [1.29, 1.82) is 0 Å². The lowest BCUT2D eigenvalue weighted by Gasteiger charge is -2.23. The zero-order valence-electron chi connectivity index (χ0n) is 10.2. The molecule has 1 atom stereocenters. The molecule has 0 bridgehead atoms. The van der Waals surface area contributed by atoms with Gasteiger partial charge in [0.1, 0.15) is 0 Å². The molecule has 1 aromatic heterocycles. The van der Waals surface area contributed by atoms with E-state index in [1.807, 2.05) is 0 Å². The van der Waals surface area contributed by atoms with Gasteiger partial charge in [-0.1, -0.05) is 20.8 Å². The van der Waals surface area contributed by atoms with Crippen LogP contribution in [0.4, 0.5) is 5.95 Å². The molecule has 0 saturated carbocycles. The molecule has 2 heterocycles. The van der Waals surface area contributed by atoms with Crippen LogP contribution in [-0.2, 0) is 0 Å². The Balaban J connectivity index is 2.12. The number of hydrogen-bond acceptors (Lipinski definition) is 5. The van der Waals surface area contributed by atoms with Gasteiger partial charge < -0.3 is 15.2 Å². The normalized spacial score (nSPS) is 19.1. The number of anilines is 1. The van der Waals surface area contributed by atoms with Crippen molar-refractivity contribution in [2.24, 2.45) is 11.1 Å². The van der Waals surface area contributed by atoms with Crippen LogP contribution in [0.5, 0.6) is 0 Å². The second-order valence-corrected chi connectivity index (χ2v) is 5.47. The van der Waals surface area contributed by atoms with Gasteiger partial charge in [-0.3, -0.25) is 0 Å². The van der Waals surface area contributed by atoms with E-state index < -0.39 is 0 Å². The third-order valence-electron chi connectivity index (χ3n) is 3.02. The van der Waals surface area contributed by atoms with Gasteiger partial charge in [-0.15, -0.1) is 0 Å². The van der Waals surface area contributed by atoms with Gasteiger partial charge in [0.15, 0.2) is 0 Å². The highest BCUT2D eigenvalue weighted by atomic mass is 16.5. The van der Waals surface area contributed by atoms with Crippen LogP contribution in [0, 0.1) is 5.41 Å². The molecule has 0 radical (unpaired) electrons. The van der Waals surface area contributed by atoms with Crippen LogP contribution in [0.25, 0.3) is 0 Å². The van der Waals surface area contributed by atoms with Crippen LogP contribution in [0.1, 0.15) is 45.5 Å². The van der Waals surface area contributed by atoms with Gasteiger partial charge >= 0.3 is 0 Å². The highest BCUT2D eigenvalue weighted by Gasteiger charge is 2.28. The van der Waals surface area contributed by atoms with E-state index in [9.17, 15) is 0 Å². The van der Waals surface area contributed by atoms with Crippen LogP contribution >= 0.6 is 0 Å². The molecule has 1 aliphatic rings. The summed E-state index contributed by atoms with van der Waals surface area (Å²) in [5.74, 6) is 1.22. The van der Waals surface area contributed by atoms with E-state index in [1.54, 1.807) is 0 Å². The van der Waals surface area contributed by atoms with Crippen molar-refractivity contribution in [2.45, 2.75) is 39.7 Å². The molecule has 1 aliphatic heterocycles. The maximum atomic E-state index is 6.07. The van der Waals surface area contributed by atoms with Gasteiger partial charge in [0, 0.05) is 13.1 Å². The van der Waals surface area contributed by atoms with E-state index in [0.717, 1.165) is 13.1 Å².